The number of allylic oxidation sites excluding steroid dienone is 1. The summed E-state index contributed by atoms with van der Waals surface area (Å²) in [7, 11) is -4.07. The van der Waals surface area contributed by atoms with Gasteiger partial charge in [-0.1, -0.05) is 100 Å². The summed E-state index contributed by atoms with van der Waals surface area (Å²) in [5.41, 5.74) is -8.13. The molecule has 0 radical (unpaired) electrons. The number of hydrogen-bond donors (Lipinski definition) is 2. The van der Waals surface area contributed by atoms with Crippen LogP contribution in [0.15, 0.2) is 127 Å². The Morgan fingerprint density at radius 1 is 0.349 bits per heavy atom. The van der Waals surface area contributed by atoms with Gasteiger partial charge in [-0.2, -0.15) is 0 Å². The molecular weight excluding hydrogens is 1930 g/mol. The molecule has 2 aliphatic rings. The maximum Gasteiger partial charge on any atom is 0.407 e. The summed E-state index contributed by atoms with van der Waals surface area (Å²) >= 11 is 0. The van der Waals surface area contributed by atoms with E-state index in [0.29, 0.717) is 71.7 Å². The molecule has 146 heavy (non-hydrogen) atoms. The van der Waals surface area contributed by atoms with E-state index < -0.39 is 232 Å². The van der Waals surface area contributed by atoms with E-state index in [9.17, 15) is 67.1 Å². The van der Waals surface area contributed by atoms with Gasteiger partial charge in [0, 0.05) is 86.3 Å². The molecule has 2 saturated carbocycles. The predicted octanol–water partition coefficient (Wildman–Crippen LogP) is 13.2. The third-order valence-electron chi connectivity index (χ3n) is 23.9. The van der Waals surface area contributed by atoms with Crippen molar-refractivity contribution in [2.24, 2.45) is 49.7 Å². The first kappa shape index (κ1) is 132. The highest BCUT2D eigenvalue weighted by molar-refractivity contribution is 6.84. The van der Waals surface area contributed by atoms with Crippen molar-refractivity contribution in [3.63, 3.8) is 0 Å². The summed E-state index contributed by atoms with van der Waals surface area (Å²) in [6.45, 7) is 62.4. The van der Waals surface area contributed by atoms with Gasteiger partial charge >= 0.3 is 77.7 Å². The highest BCUT2D eigenvalue weighted by atomic mass is 28.4. The molecule has 0 bridgehead atoms. The Labute approximate surface area is 865 Å². The molecule has 0 aromatic carbocycles. The van der Waals surface area contributed by atoms with Crippen molar-refractivity contribution in [1.29, 1.82) is 0 Å². The molecule has 0 aromatic heterocycles. The fourth-order valence-corrected chi connectivity index (χ4v) is 26.4. The SMILES string of the molecule is C=CC(=O)CCC(COCC(COC(=O)C=C)(COC(=O)C=C)COC(=O)C=C)(COC(=O)C=C)COC(=O)CC1(C)CC(CNCC(=O)OC(C)COC(C)COC(C)COCCC[Si](C)(C)O[Si](C)(C)CCCOCC(C)OCC(C)OCC(C)OC(=O)CCC2CC(C)(C)CC(C)(NC(=O)OCC(COCC(COC(=O)C=C)(COC(=O)C=C)COC(=O)C=C)(COC(=O)C=C)COC(=O)C=C)C2)CC(C)(C)C1. The molecule has 38 nitrogen and oxygen atoms in total. The summed E-state index contributed by atoms with van der Waals surface area (Å²) in [4.78, 5) is 179. The number of carbonyl (C=O) groups excluding carboxylic acids is 14. The van der Waals surface area contributed by atoms with E-state index in [-0.39, 0.29) is 112 Å². The van der Waals surface area contributed by atoms with E-state index in [4.69, 9.17) is 104 Å². The van der Waals surface area contributed by atoms with Crippen LogP contribution in [-0.2, 0) is 166 Å². The van der Waals surface area contributed by atoms with Crippen molar-refractivity contribution in [3.8, 4) is 0 Å². The lowest BCUT2D eigenvalue weighted by atomic mass is 9.59. The quantitative estimate of drug-likeness (QED) is 0.0188. The molecule has 11 unspecified atom stereocenters. The summed E-state index contributed by atoms with van der Waals surface area (Å²) < 4.78 is 127. The third kappa shape index (κ3) is 57.5. The monoisotopic (exact) mass is 2100 g/mol. The molecule has 2 rings (SSSR count). The van der Waals surface area contributed by atoms with E-state index in [2.05, 4.69) is 130 Å². The molecule has 11 atom stereocenters. The summed E-state index contributed by atoms with van der Waals surface area (Å²) in [6, 6.07) is 1.86. The number of amides is 1. The van der Waals surface area contributed by atoms with Crippen molar-refractivity contribution < 1.29 is 171 Å². The van der Waals surface area contributed by atoms with Crippen LogP contribution >= 0.6 is 0 Å². The standard InChI is InChI=1S/C106H168N2O36Si2/c1-27-85(109)41-42-103(66-131-86(110)28-2,62-125-63-104(68-132-87(111)29-3,69-133-88(112)30-4)70-134-89(113)31-5)67-140-96(120)51-101(21)49-84(48-99(17,18)60-101)52-107-53-97(121)143-82(16)59-130-80(14)57-128-78(12)55-124-44-38-46-146(25,26)144-145(23,24)45-37-43-123-54-77(11)127-56-79(13)129-58-81(15)142-95(119)40-39-83-47-100(19,20)61-102(22,50-83)108-98(122)141-76-106(74-138-93(117)35-9,75-139-94(118)36-10)65-126-64-105(71-135-90(114)32-6,72-136-91(115)33-7)73-137-92(116)34-8/h27-36,77-84,107H,1-10,37-76H2,11-26H3,(H,108,122). The maximum atomic E-state index is 14.1. The van der Waals surface area contributed by atoms with Gasteiger partial charge in [0.1, 0.15) is 84.9 Å². The molecule has 826 valence electrons. The van der Waals surface area contributed by atoms with Crippen LogP contribution in [0.3, 0.4) is 0 Å². The van der Waals surface area contributed by atoms with Gasteiger partial charge in [-0.25, -0.2) is 47.9 Å². The average Bonchev–Trinajstić information content (AvgIpc) is 0.795. The Kier molecular flexibility index (Phi) is 60.8. The van der Waals surface area contributed by atoms with Gasteiger partial charge in [-0.3, -0.25) is 19.2 Å². The summed E-state index contributed by atoms with van der Waals surface area (Å²) in [5.74, 6) is -9.52. The topological polar surface area (TPSA) is 466 Å². The summed E-state index contributed by atoms with van der Waals surface area (Å²) in [5, 5.41) is 6.27. The lowest BCUT2D eigenvalue weighted by Gasteiger charge is -2.47. The molecule has 2 aliphatic carbocycles. The second-order valence-electron chi connectivity index (χ2n) is 41.9. The third-order valence-corrected chi connectivity index (χ3v) is 31.5. The van der Waals surface area contributed by atoms with Gasteiger partial charge in [-0.15, -0.1) is 0 Å². The highest BCUT2D eigenvalue weighted by Gasteiger charge is 2.48. The van der Waals surface area contributed by atoms with Crippen LogP contribution in [0.2, 0.25) is 38.3 Å². The van der Waals surface area contributed by atoms with Crippen LogP contribution in [0.4, 0.5) is 4.79 Å². The number of ketones is 1. The van der Waals surface area contributed by atoms with Gasteiger partial charge < -0.3 is 114 Å². The summed E-state index contributed by atoms with van der Waals surface area (Å²) in [6.07, 6.45) is 12.1. The Bertz CT molecular complexity index is 4090. The second kappa shape index (κ2) is 67.2. The predicted molar refractivity (Wildman–Crippen MR) is 546 cm³/mol. The molecule has 0 saturated heterocycles. The first-order valence-electron chi connectivity index (χ1n) is 49.5. The fourth-order valence-electron chi connectivity index (χ4n) is 17.6. The van der Waals surface area contributed by atoms with Crippen LogP contribution < -0.4 is 10.6 Å². The highest BCUT2D eigenvalue weighted by Crippen LogP contribution is 2.51. The zero-order chi connectivity index (χ0) is 110. The molecule has 0 aromatic rings. The minimum Gasteiger partial charge on any atom is -0.465 e. The molecule has 2 N–H and O–H groups in total. The lowest BCUT2D eigenvalue weighted by Crippen LogP contribution is -2.54. The van der Waals surface area contributed by atoms with E-state index in [0.717, 1.165) is 98.5 Å². The van der Waals surface area contributed by atoms with Crippen LogP contribution in [0.1, 0.15) is 167 Å². The number of ether oxygens (including phenoxy) is 21. The Morgan fingerprint density at radius 2 is 0.671 bits per heavy atom. The van der Waals surface area contributed by atoms with Crippen molar-refractivity contribution in [3.05, 3.63) is 127 Å². The van der Waals surface area contributed by atoms with Gasteiger partial charge in [0.15, 0.2) is 22.4 Å². The molecule has 0 heterocycles. The van der Waals surface area contributed by atoms with E-state index >= 15 is 0 Å². The van der Waals surface area contributed by atoms with Crippen molar-refractivity contribution in [1.82, 2.24) is 10.6 Å². The minimum absolute atomic E-state index is 0.0118. The van der Waals surface area contributed by atoms with Gasteiger partial charge in [0.05, 0.1) is 125 Å². The Balaban J connectivity index is 1.83. The fraction of sp³-hybridized carbons (Fsp3) is 0.679. The molecule has 40 heteroatoms. The zero-order valence-corrected chi connectivity index (χ0v) is 91.4. The van der Waals surface area contributed by atoms with Crippen molar-refractivity contribution >= 4 is 100 Å². The normalized spacial score (nSPS) is 18.2. The average molecular weight is 2100 g/mol. The number of alkyl carbamates (subject to hydrolysis) is 1. The molecule has 0 aliphatic heterocycles. The van der Waals surface area contributed by atoms with Crippen LogP contribution in [0.25, 0.3) is 0 Å². The van der Waals surface area contributed by atoms with Gasteiger partial charge in [-0.05, 0) is 192 Å². The van der Waals surface area contributed by atoms with Crippen LogP contribution in [0.5, 0.6) is 0 Å². The molecule has 1 amide bonds. The number of nitrogens with one attached hydrogen (secondary N) is 2. The van der Waals surface area contributed by atoms with Crippen LogP contribution in [0, 0.1) is 49.7 Å². The first-order valence-corrected chi connectivity index (χ1v) is 55.7. The minimum atomic E-state index is -2.04. The number of hydrogen-bond acceptors (Lipinski definition) is 37. The molecule has 0 spiro atoms. The smallest absolute Gasteiger partial charge is 0.407 e. The Morgan fingerprint density at radius 3 is 1.04 bits per heavy atom. The van der Waals surface area contributed by atoms with Gasteiger partial charge in [0.2, 0.25) is 0 Å². The van der Waals surface area contributed by atoms with E-state index in [1.54, 1.807) is 13.8 Å². The van der Waals surface area contributed by atoms with Crippen molar-refractivity contribution in [2.75, 3.05) is 165 Å². The van der Waals surface area contributed by atoms with Crippen molar-refractivity contribution in [2.45, 2.75) is 247 Å². The molecular formula is C106H168N2O36Si2. The Hall–Kier alpha value is -9.99. The maximum absolute atomic E-state index is 14.1. The number of rotatable bonds is 81. The van der Waals surface area contributed by atoms with E-state index in [1.807, 2.05) is 41.5 Å². The lowest BCUT2D eigenvalue weighted by molar-refractivity contribution is -0.170. The van der Waals surface area contributed by atoms with Gasteiger partial charge in [0.25, 0.3) is 0 Å². The number of carbonyl (C=O) groups is 14. The largest absolute Gasteiger partial charge is 0.465 e. The second-order valence-corrected chi connectivity index (χ2v) is 50.8. The zero-order valence-electron chi connectivity index (χ0n) is 89.4. The molecule has 2 fully saturated rings. The first-order chi connectivity index (χ1) is 68.5. The van der Waals surface area contributed by atoms with Crippen LogP contribution in [-0.4, -0.2) is 307 Å². The number of esters is 12. The van der Waals surface area contributed by atoms with E-state index in [1.165, 1.54) is 0 Å².